The number of amides is 3. The Labute approximate surface area is 188 Å². The minimum Gasteiger partial charge on any atom is -0.497 e. The van der Waals surface area contributed by atoms with E-state index in [9.17, 15) is 9.59 Å². The second kappa shape index (κ2) is 10.4. The molecule has 8 nitrogen and oxygen atoms in total. The van der Waals surface area contributed by atoms with Gasteiger partial charge in [0.25, 0.3) is 5.91 Å². The number of nitrogens with one attached hydrogen (secondary N) is 1. The van der Waals surface area contributed by atoms with E-state index in [1.165, 1.54) is 0 Å². The second-order valence-corrected chi connectivity index (χ2v) is 7.89. The highest BCUT2D eigenvalue weighted by Gasteiger charge is 2.29. The highest BCUT2D eigenvalue weighted by atomic mass is 16.5. The van der Waals surface area contributed by atoms with E-state index < -0.39 is 0 Å². The topological polar surface area (TPSA) is 80.3 Å². The van der Waals surface area contributed by atoms with Gasteiger partial charge in [0, 0.05) is 30.9 Å². The first-order valence-corrected chi connectivity index (χ1v) is 11.0. The summed E-state index contributed by atoms with van der Waals surface area (Å²) in [6.45, 7) is 3.50. The molecule has 0 spiro atoms. The van der Waals surface area contributed by atoms with Gasteiger partial charge in [-0.05, 0) is 61.4 Å². The number of likely N-dealkylation sites (tertiary alicyclic amines) is 1. The highest BCUT2D eigenvalue weighted by molar-refractivity contribution is 5.94. The van der Waals surface area contributed by atoms with Crippen LogP contribution in [0.2, 0.25) is 0 Å². The Balaban J connectivity index is 1.29. The van der Waals surface area contributed by atoms with Crippen LogP contribution in [0.1, 0.15) is 23.2 Å². The lowest BCUT2D eigenvalue weighted by molar-refractivity contribution is 0.0303. The maximum atomic E-state index is 12.7. The normalized spacial score (nSPS) is 18.3. The predicted molar refractivity (Wildman–Crippen MR) is 120 cm³/mol. The molecule has 2 saturated heterocycles. The third-order valence-corrected chi connectivity index (χ3v) is 5.82. The number of nitrogens with zero attached hydrogens (tertiary/aromatic N) is 2. The van der Waals surface area contributed by atoms with Gasteiger partial charge in [0.2, 0.25) is 0 Å². The predicted octanol–water partition coefficient (Wildman–Crippen LogP) is 3.24. The number of carbonyl (C=O) groups excluding carboxylic acids is 2. The number of urea groups is 1. The molecule has 1 N–H and O–H groups in total. The van der Waals surface area contributed by atoms with E-state index >= 15 is 0 Å². The summed E-state index contributed by atoms with van der Waals surface area (Å²) in [6, 6.07) is 14.3. The molecule has 2 aromatic carbocycles. The molecule has 0 radical (unpaired) electrons. The Kier molecular flexibility index (Phi) is 7.11. The Morgan fingerprint density at radius 1 is 1.00 bits per heavy atom. The Morgan fingerprint density at radius 3 is 2.38 bits per heavy atom. The van der Waals surface area contributed by atoms with Gasteiger partial charge in [-0.3, -0.25) is 4.79 Å². The molecule has 2 aliphatic heterocycles. The molecule has 0 aromatic heterocycles. The van der Waals surface area contributed by atoms with Gasteiger partial charge in [-0.25, -0.2) is 4.79 Å². The zero-order valence-corrected chi connectivity index (χ0v) is 18.3. The first kappa shape index (κ1) is 22.0. The van der Waals surface area contributed by atoms with Crippen LogP contribution in [-0.2, 0) is 4.74 Å². The summed E-state index contributed by atoms with van der Waals surface area (Å²) in [5.74, 6) is 1.44. The molecule has 0 saturated carbocycles. The van der Waals surface area contributed by atoms with E-state index in [-0.39, 0.29) is 18.0 Å². The number of hydrogen-bond acceptors (Lipinski definition) is 5. The molecule has 1 atom stereocenters. The fourth-order valence-corrected chi connectivity index (χ4v) is 3.98. The maximum Gasteiger partial charge on any atom is 0.322 e. The number of rotatable bonds is 6. The van der Waals surface area contributed by atoms with Crippen molar-refractivity contribution in [3.8, 4) is 11.5 Å². The van der Waals surface area contributed by atoms with Gasteiger partial charge in [-0.15, -0.1) is 0 Å². The lowest BCUT2D eigenvalue weighted by Crippen LogP contribution is -2.41. The number of carbonyl (C=O) groups is 2. The third-order valence-electron chi connectivity index (χ3n) is 5.82. The van der Waals surface area contributed by atoms with Gasteiger partial charge in [0.15, 0.2) is 0 Å². The van der Waals surface area contributed by atoms with Crippen molar-refractivity contribution >= 4 is 17.6 Å². The molecule has 170 valence electrons. The SMILES string of the molecule is COc1ccc(NC(=O)N2CCCC2COc2ccc(C(=O)N3CCOCC3)cc2)cc1. The minimum atomic E-state index is -0.132. The summed E-state index contributed by atoms with van der Waals surface area (Å²) < 4.78 is 16.4. The van der Waals surface area contributed by atoms with Crippen molar-refractivity contribution in [2.75, 3.05) is 51.9 Å². The minimum absolute atomic E-state index is 0.00269. The van der Waals surface area contributed by atoms with Crippen molar-refractivity contribution in [2.24, 2.45) is 0 Å². The van der Waals surface area contributed by atoms with Gasteiger partial charge in [0.05, 0.1) is 26.4 Å². The highest BCUT2D eigenvalue weighted by Crippen LogP contribution is 2.22. The standard InChI is InChI=1S/C24H29N3O5/c1-30-21-10-6-19(7-11-21)25-24(29)27-12-2-3-20(27)17-32-22-8-4-18(5-9-22)23(28)26-13-15-31-16-14-26/h4-11,20H,2-3,12-17H2,1H3,(H,25,29). The van der Waals surface area contributed by atoms with Gasteiger partial charge >= 0.3 is 6.03 Å². The monoisotopic (exact) mass is 439 g/mol. The van der Waals surface area contributed by atoms with Crippen LogP contribution in [0.15, 0.2) is 48.5 Å². The van der Waals surface area contributed by atoms with Crippen LogP contribution in [0.3, 0.4) is 0 Å². The molecule has 4 rings (SSSR count). The van der Waals surface area contributed by atoms with E-state index in [1.807, 2.05) is 41.3 Å². The average molecular weight is 440 g/mol. The van der Waals surface area contributed by atoms with Crippen molar-refractivity contribution in [3.05, 3.63) is 54.1 Å². The summed E-state index contributed by atoms with van der Waals surface area (Å²) in [7, 11) is 1.61. The van der Waals surface area contributed by atoms with Gasteiger partial charge < -0.3 is 29.3 Å². The molecule has 0 bridgehead atoms. The lowest BCUT2D eigenvalue weighted by atomic mass is 10.2. The Hall–Kier alpha value is -3.26. The third kappa shape index (κ3) is 5.31. The first-order valence-electron chi connectivity index (χ1n) is 11.0. The molecule has 8 heteroatoms. The smallest absolute Gasteiger partial charge is 0.322 e. The van der Waals surface area contributed by atoms with Gasteiger partial charge in [-0.2, -0.15) is 0 Å². The summed E-state index contributed by atoms with van der Waals surface area (Å²) in [4.78, 5) is 28.9. The largest absolute Gasteiger partial charge is 0.497 e. The zero-order valence-electron chi connectivity index (χ0n) is 18.3. The van der Waals surface area contributed by atoms with Crippen molar-refractivity contribution in [2.45, 2.75) is 18.9 Å². The zero-order chi connectivity index (χ0) is 22.3. The van der Waals surface area contributed by atoms with Gasteiger partial charge in [0.1, 0.15) is 18.1 Å². The summed E-state index contributed by atoms with van der Waals surface area (Å²) in [6.07, 6.45) is 1.83. The van der Waals surface area contributed by atoms with E-state index in [1.54, 1.807) is 24.1 Å². The fraction of sp³-hybridized carbons (Fsp3) is 0.417. The number of benzene rings is 2. The number of anilines is 1. The van der Waals surface area contributed by atoms with Crippen molar-refractivity contribution in [1.29, 1.82) is 0 Å². The average Bonchev–Trinajstić information content (AvgIpc) is 3.32. The Bertz CT molecular complexity index is 910. The molecule has 0 aliphatic carbocycles. The van der Waals surface area contributed by atoms with Crippen LogP contribution in [-0.4, -0.2) is 74.3 Å². The lowest BCUT2D eigenvalue weighted by Gasteiger charge is -2.27. The van der Waals surface area contributed by atoms with Crippen molar-refractivity contribution in [3.63, 3.8) is 0 Å². The first-order chi connectivity index (χ1) is 15.6. The quantitative estimate of drug-likeness (QED) is 0.748. The summed E-state index contributed by atoms with van der Waals surface area (Å²) >= 11 is 0. The molecule has 2 heterocycles. The number of methoxy groups -OCH3 is 1. The fourth-order valence-electron chi connectivity index (χ4n) is 3.98. The Morgan fingerprint density at radius 2 is 1.69 bits per heavy atom. The van der Waals surface area contributed by atoms with Crippen LogP contribution in [0, 0.1) is 0 Å². The van der Waals surface area contributed by atoms with Crippen LogP contribution < -0.4 is 14.8 Å². The van der Waals surface area contributed by atoms with Crippen LogP contribution >= 0.6 is 0 Å². The van der Waals surface area contributed by atoms with Gasteiger partial charge in [-0.1, -0.05) is 0 Å². The molecule has 2 aliphatic rings. The number of hydrogen-bond donors (Lipinski definition) is 1. The van der Waals surface area contributed by atoms with Crippen molar-refractivity contribution in [1.82, 2.24) is 9.80 Å². The van der Waals surface area contributed by atoms with Crippen LogP contribution in [0.4, 0.5) is 10.5 Å². The molecule has 1 unspecified atom stereocenters. The molecule has 2 aromatic rings. The number of ether oxygens (including phenoxy) is 3. The van der Waals surface area contributed by atoms with E-state index in [0.29, 0.717) is 50.8 Å². The molecular formula is C24H29N3O5. The summed E-state index contributed by atoms with van der Waals surface area (Å²) in [5, 5.41) is 2.94. The van der Waals surface area contributed by atoms with E-state index in [2.05, 4.69) is 5.32 Å². The molecule has 3 amide bonds. The molecule has 32 heavy (non-hydrogen) atoms. The maximum absolute atomic E-state index is 12.7. The summed E-state index contributed by atoms with van der Waals surface area (Å²) in [5.41, 5.74) is 1.36. The van der Waals surface area contributed by atoms with Crippen molar-refractivity contribution < 1.29 is 23.8 Å². The number of morpholine rings is 1. The van der Waals surface area contributed by atoms with E-state index in [0.717, 1.165) is 24.3 Å². The van der Waals surface area contributed by atoms with Crippen LogP contribution in [0.25, 0.3) is 0 Å². The second-order valence-electron chi connectivity index (χ2n) is 7.89. The van der Waals surface area contributed by atoms with Crippen LogP contribution in [0.5, 0.6) is 11.5 Å². The molecular weight excluding hydrogens is 410 g/mol. The molecule has 2 fully saturated rings. The van der Waals surface area contributed by atoms with E-state index in [4.69, 9.17) is 14.2 Å².